The fourth-order valence-electron chi connectivity index (χ4n) is 1.31. The van der Waals surface area contributed by atoms with E-state index in [1.54, 1.807) is 0 Å². The Morgan fingerprint density at radius 3 is 3.06 bits per heavy atom. The number of esters is 1. The summed E-state index contributed by atoms with van der Waals surface area (Å²) in [5.74, 6) is 0.671. The number of aryl methyl sites for hydroxylation is 1. The van der Waals surface area contributed by atoms with E-state index in [0.717, 1.165) is 24.4 Å². The molecule has 5 nitrogen and oxygen atoms in total. The zero-order valence-electron chi connectivity index (χ0n) is 9.78. The molecule has 0 bridgehead atoms. The first-order valence-electron chi connectivity index (χ1n) is 5.51. The predicted octanol–water partition coefficient (Wildman–Crippen LogP) is 1.42. The summed E-state index contributed by atoms with van der Waals surface area (Å²) >= 11 is 0. The second kappa shape index (κ2) is 7.00. The van der Waals surface area contributed by atoms with E-state index >= 15 is 0 Å². The first-order chi connectivity index (χ1) is 7.72. The van der Waals surface area contributed by atoms with Gasteiger partial charge in [-0.05, 0) is 26.8 Å². The van der Waals surface area contributed by atoms with Gasteiger partial charge in [-0.3, -0.25) is 4.79 Å². The minimum atomic E-state index is -0.137. The Morgan fingerprint density at radius 2 is 2.44 bits per heavy atom. The van der Waals surface area contributed by atoms with Crippen molar-refractivity contribution in [3.8, 4) is 0 Å². The molecule has 0 amide bonds. The van der Waals surface area contributed by atoms with Crippen molar-refractivity contribution < 1.29 is 14.1 Å². The van der Waals surface area contributed by atoms with Crippen molar-refractivity contribution in [2.45, 2.75) is 33.2 Å². The van der Waals surface area contributed by atoms with E-state index in [-0.39, 0.29) is 5.97 Å². The molecule has 5 heteroatoms. The summed E-state index contributed by atoms with van der Waals surface area (Å²) in [5.41, 5.74) is 0.883. The molecule has 0 saturated heterocycles. The SMILES string of the molecule is CCOC(=O)CCCNCc1cc(C)on1. The largest absolute Gasteiger partial charge is 0.466 e. The highest BCUT2D eigenvalue weighted by Gasteiger charge is 2.02. The van der Waals surface area contributed by atoms with Crippen LogP contribution in [0.2, 0.25) is 0 Å². The van der Waals surface area contributed by atoms with E-state index in [4.69, 9.17) is 9.26 Å². The number of carbonyl (C=O) groups excluding carboxylic acids is 1. The number of nitrogens with one attached hydrogen (secondary N) is 1. The van der Waals surface area contributed by atoms with Crippen molar-refractivity contribution in [1.29, 1.82) is 0 Å². The topological polar surface area (TPSA) is 64.4 Å². The van der Waals surface area contributed by atoms with Crippen molar-refractivity contribution >= 4 is 5.97 Å². The molecule has 0 saturated carbocycles. The number of ether oxygens (including phenoxy) is 1. The molecule has 1 aromatic heterocycles. The number of hydrogen-bond donors (Lipinski definition) is 1. The molecular weight excluding hydrogens is 208 g/mol. The molecular formula is C11H18N2O3. The third-order valence-electron chi connectivity index (χ3n) is 2.02. The fraction of sp³-hybridized carbons (Fsp3) is 0.636. The Balaban J connectivity index is 2.02. The van der Waals surface area contributed by atoms with Crippen molar-refractivity contribution in [3.05, 3.63) is 17.5 Å². The predicted molar refractivity (Wildman–Crippen MR) is 58.8 cm³/mol. The van der Waals surface area contributed by atoms with Gasteiger partial charge in [0.2, 0.25) is 0 Å². The van der Waals surface area contributed by atoms with Crippen molar-refractivity contribution in [3.63, 3.8) is 0 Å². The van der Waals surface area contributed by atoms with E-state index < -0.39 is 0 Å². The van der Waals surface area contributed by atoms with Crippen LogP contribution < -0.4 is 5.32 Å². The number of carbonyl (C=O) groups is 1. The first kappa shape index (κ1) is 12.7. The number of hydrogen-bond acceptors (Lipinski definition) is 5. The summed E-state index contributed by atoms with van der Waals surface area (Å²) in [7, 11) is 0. The monoisotopic (exact) mass is 226 g/mol. The van der Waals surface area contributed by atoms with E-state index in [1.165, 1.54) is 0 Å². The minimum absolute atomic E-state index is 0.137. The Bertz CT molecular complexity index is 323. The van der Waals surface area contributed by atoms with Gasteiger partial charge < -0.3 is 14.6 Å². The maximum Gasteiger partial charge on any atom is 0.305 e. The summed E-state index contributed by atoms with van der Waals surface area (Å²) in [4.78, 5) is 11.0. The fourth-order valence-corrected chi connectivity index (χ4v) is 1.31. The van der Waals surface area contributed by atoms with Gasteiger partial charge in [0.05, 0.1) is 12.3 Å². The molecule has 90 valence electrons. The van der Waals surface area contributed by atoms with Gasteiger partial charge in [-0.15, -0.1) is 0 Å². The van der Waals surface area contributed by atoms with Gasteiger partial charge in [0.25, 0.3) is 0 Å². The third-order valence-corrected chi connectivity index (χ3v) is 2.02. The maximum atomic E-state index is 11.0. The molecule has 1 rings (SSSR count). The van der Waals surface area contributed by atoms with Crippen LogP contribution in [-0.4, -0.2) is 24.3 Å². The van der Waals surface area contributed by atoms with Crippen LogP contribution in [0.25, 0.3) is 0 Å². The Kier molecular flexibility index (Phi) is 5.56. The molecule has 0 unspecified atom stereocenters. The molecule has 0 spiro atoms. The van der Waals surface area contributed by atoms with Gasteiger partial charge >= 0.3 is 5.97 Å². The van der Waals surface area contributed by atoms with Crippen LogP contribution in [0.15, 0.2) is 10.6 Å². The van der Waals surface area contributed by atoms with E-state index in [1.807, 2.05) is 19.9 Å². The van der Waals surface area contributed by atoms with Gasteiger partial charge in [0.15, 0.2) is 0 Å². The maximum absolute atomic E-state index is 11.0. The molecule has 1 heterocycles. The number of rotatable bonds is 7. The Morgan fingerprint density at radius 1 is 1.62 bits per heavy atom. The normalized spacial score (nSPS) is 10.4. The van der Waals surface area contributed by atoms with Gasteiger partial charge in [-0.2, -0.15) is 0 Å². The van der Waals surface area contributed by atoms with Crippen molar-refractivity contribution in [2.24, 2.45) is 0 Å². The van der Waals surface area contributed by atoms with Gasteiger partial charge in [0, 0.05) is 19.0 Å². The smallest absolute Gasteiger partial charge is 0.305 e. The van der Waals surface area contributed by atoms with Gasteiger partial charge in [-0.25, -0.2) is 0 Å². The number of aromatic nitrogens is 1. The standard InChI is InChI=1S/C11H18N2O3/c1-3-15-11(14)5-4-6-12-8-10-7-9(2)16-13-10/h7,12H,3-6,8H2,1-2H3. The molecule has 1 N–H and O–H groups in total. The summed E-state index contributed by atoms with van der Waals surface area (Å²) in [6.45, 7) is 5.55. The van der Waals surface area contributed by atoms with Gasteiger partial charge in [-0.1, -0.05) is 5.16 Å². The molecule has 1 aromatic rings. The van der Waals surface area contributed by atoms with E-state index in [0.29, 0.717) is 19.6 Å². The highest BCUT2D eigenvalue weighted by molar-refractivity contribution is 5.69. The lowest BCUT2D eigenvalue weighted by atomic mass is 10.3. The Hall–Kier alpha value is -1.36. The lowest BCUT2D eigenvalue weighted by Gasteiger charge is -2.02. The van der Waals surface area contributed by atoms with Crippen molar-refractivity contribution in [1.82, 2.24) is 10.5 Å². The van der Waals surface area contributed by atoms with Crippen LogP contribution >= 0.6 is 0 Å². The van der Waals surface area contributed by atoms with Crippen LogP contribution in [0.1, 0.15) is 31.2 Å². The van der Waals surface area contributed by atoms with Crippen molar-refractivity contribution in [2.75, 3.05) is 13.2 Å². The van der Waals surface area contributed by atoms with Gasteiger partial charge in [0.1, 0.15) is 5.76 Å². The van der Waals surface area contributed by atoms with E-state index in [9.17, 15) is 4.79 Å². The lowest BCUT2D eigenvalue weighted by Crippen LogP contribution is -2.16. The molecule has 0 atom stereocenters. The summed E-state index contributed by atoms with van der Waals surface area (Å²) in [6, 6.07) is 1.89. The highest BCUT2D eigenvalue weighted by atomic mass is 16.5. The highest BCUT2D eigenvalue weighted by Crippen LogP contribution is 2.00. The lowest BCUT2D eigenvalue weighted by molar-refractivity contribution is -0.143. The zero-order chi connectivity index (χ0) is 11.8. The van der Waals surface area contributed by atoms with Crippen LogP contribution in [0.3, 0.4) is 0 Å². The van der Waals surface area contributed by atoms with Crippen LogP contribution in [0.4, 0.5) is 0 Å². The quantitative estimate of drug-likeness (QED) is 0.562. The summed E-state index contributed by atoms with van der Waals surface area (Å²) in [6.07, 6.45) is 1.23. The second-order valence-corrected chi connectivity index (χ2v) is 3.51. The number of nitrogens with zero attached hydrogens (tertiary/aromatic N) is 1. The van der Waals surface area contributed by atoms with E-state index in [2.05, 4.69) is 10.5 Å². The average molecular weight is 226 g/mol. The average Bonchev–Trinajstić information content (AvgIpc) is 2.64. The Labute approximate surface area is 95.1 Å². The van der Waals surface area contributed by atoms with Crippen LogP contribution in [0, 0.1) is 6.92 Å². The zero-order valence-corrected chi connectivity index (χ0v) is 9.78. The molecule has 0 aromatic carbocycles. The first-order valence-corrected chi connectivity index (χ1v) is 5.51. The minimum Gasteiger partial charge on any atom is -0.466 e. The molecule has 0 aliphatic carbocycles. The van der Waals surface area contributed by atoms with Crippen LogP contribution in [0.5, 0.6) is 0 Å². The molecule has 0 aliphatic rings. The summed E-state index contributed by atoms with van der Waals surface area (Å²) < 4.78 is 9.74. The molecule has 0 fully saturated rings. The second-order valence-electron chi connectivity index (χ2n) is 3.51. The molecule has 16 heavy (non-hydrogen) atoms. The third kappa shape index (κ3) is 4.93. The molecule has 0 radical (unpaired) electrons. The van der Waals surface area contributed by atoms with Crippen LogP contribution in [-0.2, 0) is 16.1 Å². The summed E-state index contributed by atoms with van der Waals surface area (Å²) in [5, 5.41) is 7.03. The molecule has 0 aliphatic heterocycles.